The monoisotopic (exact) mass is 637 g/mol. The highest BCUT2D eigenvalue weighted by Crippen LogP contribution is 2.52. The zero-order chi connectivity index (χ0) is 32.3. The van der Waals surface area contributed by atoms with Gasteiger partial charge in [-0.2, -0.15) is 0 Å². The molecule has 6 aliphatic rings. The van der Waals surface area contributed by atoms with Gasteiger partial charge in [0.25, 0.3) is 0 Å². The van der Waals surface area contributed by atoms with Crippen molar-refractivity contribution in [2.45, 2.75) is 50.3 Å². The summed E-state index contributed by atoms with van der Waals surface area (Å²) in [6.07, 6.45) is 24.2. The smallest absolute Gasteiger partial charge is 0.196 e. The molecule has 0 saturated carbocycles. The second-order valence-electron chi connectivity index (χ2n) is 13.9. The number of fused-ring (bicyclic) bond motifs is 7. The van der Waals surface area contributed by atoms with Gasteiger partial charge in [-0.3, -0.25) is 0 Å². The van der Waals surface area contributed by atoms with Gasteiger partial charge in [-0.15, -0.1) is 0 Å². The summed E-state index contributed by atoms with van der Waals surface area (Å²) in [6, 6.07) is 35.8. The Morgan fingerprint density at radius 2 is 1.57 bits per heavy atom. The van der Waals surface area contributed by atoms with Crippen molar-refractivity contribution in [2.24, 2.45) is 5.92 Å². The molecule has 0 aromatic heterocycles. The Morgan fingerprint density at radius 1 is 0.735 bits per heavy atom. The molecule has 4 atom stereocenters. The summed E-state index contributed by atoms with van der Waals surface area (Å²) < 4.78 is 6.74. The number of hydrogen-bond acceptors (Lipinski definition) is 4. The number of nitrogens with one attached hydrogen (secondary N) is 1. The molecule has 0 bridgehead atoms. The van der Waals surface area contributed by atoms with Crippen molar-refractivity contribution in [1.29, 1.82) is 0 Å². The number of anilines is 4. The van der Waals surface area contributed by atoms with Gasteiger partial charge in [0.15, 0.2) is 6.23 Å². The summed E-state index contributed by atoms with van der Waals surface area (Å²) >= 11 is 0. The van der Waals surface area contributed by atoms with E-state index < -0.39 is 0 Å². The predicted molar refractivity (Wildman–Crippen MR) is 201 cm³/mol. The lowest BCUT2D eigenvalue weighted by Gasteiger charge is -2.32. The van der Waals surface area contributed by atoms with Crippen molar-refractivity contribution in [3.63, 3.8) is 0 Å². The normalized spacial score (nSPS) is 24.1. The van der Waals surface area contributed by atoms with Crippen LogP contribution in [0.2, 0.25) is 0 Å². The lowest BCUT2D eigenvalue weighted by molar-refractivity contribution is 0.148. The Kier molecular flexibility index (Phi) is 6.75. The zero-order valence-corrected chi connectivity index (χ0v) is 27.5. The van der Waals surface area contributed by atoms with E-state index in [0.29, 0.717) is 12.0 Å². The molecule has 0 amide bonds. The molecular formula is C45H39N3O. The Hall–Kier alpha value is -5.48. The molecule has 0 spiro atoms. The van der Waals surface area contributed by atoms with Gasteiger partial charge < -0.3 is 19.9 Å². The quantitative estimate of drug-likeness (QED) is 0.220. The van der Waals surface area contributed by atoms with Crippen LogP contribution in [0.25, 0.3) is 11.6 Å². The van der Waals surface area contributed by atoms with Gasteiger partial charge in [-0.1, -0.05) is 103 Å². The Balaban J connectivity index is 1.10. The zero-order valence-electron chi connectivity index (χ0n) is 27.5. The topological polar surface area (TPSA) is 27.7 Å². The van der Waals surface area contributed by atoms with Crippen LogP contribution in [-0.4, -0.2) is 6.04 Å². The van der Waals surface area contributed by atoms with Gasteiger partial charge in [-0.05, 0) is 91.3 Å². The maximum atomic E-state index is 6.74. The van der Waals surface area contributed by atoms with Crippen LogP contribution in [0.15, 0.2) is 157 Å². The number of nitrogens with zero attached hydrogens (tertiary/aromatic N) is 2. The predicted octanol–water partition coefficient (Wildman–Crippen LogP) is 11.0. The summed E-state index contributed by atoms with van der Waals surface area (Å²) in [6.45, 7) is 0. The number of allylic oxidation sites excluding steroid dienone is 7. The molecule has 2 heterocycles. The highest BCUT2D eigenvalue weighted by Gasteiger charge is 2.40. The molecule has 4 aliphatic carbocycles. The first-order valence-corrected chi connectivity index (χ1v) is 17.9. The van der Waals surface area contributed by atoms with Crippen molar-refractivity contribution >= 4 is 34.4 Å². The fraction of sp³-hybridized carbons (Fsp3) is 0.200. The van der Waals surface area contributed by atoms with Gasteiger partial charge >= 0.3 is 0 Å². The molecule has 4 unspecified atom stereocenters. The third kappa shape index (κ3) is 4.73. The highest BCUT2D eigenvalue weighted by molar-refractivity contribution is 5.89. The molecular weight excluding hydrogens is 599 g/mol. The molecule has 0 radical (unpaired) electrons. The van der Waals surface area contributed by atoms with Gasteiger partial charge in [0.2, 0.25) is 0 Å². The van der Waals surface area contributed by atoms with E-state index in [-0.39, 0.29) is 12.1 Å². The van der Waals surface area contributed by atoms with E-state index in [1.54, 1.807) is 0 Å². The van der Waals surface area contributed by atoms with E-state index in [2.05, 4.69) is 161 Å². The van der Waals surface area contributed by atoms with Crippen molar-refractivity contribution < 1.29 is 4.74 Å². The van der Waals surface area contributed by atoms with Gasteiger partial charge in [-0.25, -0.2) is 0 Å². The van der Waals surface area contributed by atoms with Crippen molar-refractivity contribution in [2.75, 3.05) is 9.80 Å². The molecule has 4 heteroatoms. The van der Waals surface area contributed by atoms with Gasteiger partial charge in [0.1, 0.15) is 5.76 Å². The molecule has 49 heavy (non-hydrogen) atoms. The van der Waals surface area contributed by atoms with E-state index >= 15 is 0 Å². The second kappa shape index (κ2) is 11.6. The van der Waals surface area contributed by atoms with Crippen molar-refractivity contribution in [1.82, 2.24) is 5.32 Å². The van der Waals surface area contributed by atoms with Crippen molar-refractivity contribution in [3.8, 4) is 0 Å². The highest BCUT2D eigenvalue weighted by atomic mass is 16.5. The minimum Gasteiger partial charge on any atom is -0.464 e. The Bertz CT molecular complexity index is 2140. The van der Waals surface area contributed by atoms with Crippen LogP contribution in [0.5, 0.6) is 0 Å². The molecule has 240 valence electrons. The molecule has 4 aromatic carbocycles. The first-order valence-electron chi connectivity index (χ1n) is 17.9. The molecule has 10 rings (SSSR count). The van der Waals surface area contributed by atoms with E-state index in [1.807, 2.05) is 0 Å². The average molecular weight is 638 g/mol. The minimum absolute atomic E-state index is 0.186. The number of benzene rings is 4. The number of ether oxygens (including phenoxy) is 1. The maximum absolute atomic E-state index is 6.74. The van der Waals surface area contributed by atoms with Crippen molar-refractivity contribution in [3.05, 3.63) is 179 Å². The first-order chi connectivity index (χ1) is 24.3. The van der Waals surface area contributed by atoms with E-state index in [9.17, 15) is 0 Å². The van der Waals surface area contributed by atoms with Crippen LogP contribution in [0, 0.1) is 5.92 Å². The SMILES string of the molecule is C1=CC(N2c3cc(N(c4ccccc4)c4ccc5c(c4)C4=C6OC(c7ccccc7)NC6=CCC4C=C5)ccc3C3CCC=CC32)=CCC1. The van der Waals surface area contributed by atoms with Gasteiger partial charge in [0.05, 0.1) is 11.7 Å². The number of para-hydroxylation sites is 1. The molecule has 2 aliphatic heterocycles. The standard InChI is InChI=1S/C45H39N3O/c1-4-12-32(13-5-1)45-46-40-27-23-31-21-20-30-22-24-35(28-39(30)43(31)44(40)49-45)47(33-14-6-2-7-15-33)36-25-26-38-37-18-10-11-19-41(37)48(42(38)29-36)34-16-8-3-9-17-34/h1-2,4-8,11-17,19-22,24-29,31,37,41,45-46H,3,9-10,18,23H2. The molecule has 1 fully saturated rings. The van der Waals surface area contributed by atoms with Crippen LogP contribution in [0.4, 0.5) is 22.7 Å². The molecule has 1 saturated heterocycles. The average Bonchev–Trinajstić information content (AvgIpc) is 3.75. The minimum atomic E-state index is -0.186. The van der Waals surface area contributed by atoms with Gasteiger partial charge in [0, 0.05) is 51.4 Å². The van der Waals surface area contributed by atoms with Crippen LogP contribution in [0.3, 0.4) is 0 Å². The molecule has 4 aromatic rings. The van der Waals surface area contributed by atoms with Crippen LogP contribution in [0.1, 0.15) is 66.5 Å². The Labute approximate surface area is 288 Å². The third-order valence-electron chi connectivity index (χ3n) is 11.0. The summed E-state index contributed by atoms with van der Waals surface area (Å²) in [5.74, 6) is 1.78. The third-order valence-corrected chi connectivity index (χ3v) is 11.0. The first kappa shape index (κ1) is 28.5. The second-order valence-corrected chi connectivity index (χ2v) is 13.9. The largest absolute Gasteiger partial charge is 0.464 e. The lowest BCUT2D eigenvalue weighted by atomic mass is 9.79. The Morgan fingerprint density at radius 3 is 2.43 bits per heavy atom. The van der Waals surface area contributed by atoms with Crippen LogP contribution >= 0.6 is 0 Å². The van der Waals surface area contributed by atoms with E-state index in [1.165, 1.54) is 45.8 Å². The summed E-state index contributed by atoms with van der Waals surface area (Å²) in [5, 5.41) is 3.67. The van der Waals surface area contributed by atoms with E-state index in [0.717, 1.165) is 54.1 Å². The molecule has 4 nitrogen and oxygen atoms in total. The number of hydrogen-bond donors (Lipinski definition) is 1. The fourth-order valence-corrected chi connectivity index (χ4v) is 8.76. The summed E-state index contributed by atoms with van der Waals surface area (Å²) in [7, 11) is 0. The number of rotatable bonds is 5. The molecule has 1 N–H and O–H groups in total. The van der Waals surface area contributed by atoms with E-state index in [4.69, 9.17) is 4.74 Å². The lowest BCUT2D eigenvalue weighted by Crippen LogP contribution is -2.32. The van der Waals surface area contributed by atoms with Crippen LogP contribution < -0.4 is 15.1 Å². The van der Waals surface area contributed by atoms with Crippen LogP contribution in [-0.2, 0) is 4.74 Å². The summed E-state index contributed by atoms with van der Waals surface area (Å²) in [5.41, 5.74) is 13.6. The maximum Gasteiger partial charge on any atom is 0.196 e. The summed E-state index contributed by atoms with van der Waals surface area (Å²) in [4.78, 5) is 5.04. The fourth-order valence-electron chi connectivity index (χ4n) is 8.76.